The first-order valence-corrected chi connectivity index (χ1v) is 9.13. The molecule has 0 fully saturated rings. The van der Waals surface area contributed by atoms with Crippen molar-refractivity contribution in [3.05, 3.63) is 45.1 Å². The molecular weight excluding hydrogens is 348 g/mol. The second-order valence-electron chi connectivity index (χ2n) is 7.06. The lowest BCUT2D eigenvalue weighted by Crippen LogP contribution is -2.36. The second kappa shape index (κ2) is 7.03. The summed E-state index contributed by atoms with van der Waals surface area (Å²) in [6.07, 6.45) is 3.62. The van der Waals surface area contributed by atoms with Crippen molar-refractivity contribution in [2.45, 2.75) is 38.8 Å². The number of aliphatic imine (C=N–C) groups is 1. The number of phenolic OH excluding ortho intramolecular Hbond substituents is 3. The monoisotopic (exact) mass is 370 g/mol. The van der Waals surface area contributed by atoms with Gasteiger partial charge >= 0.3 is 0 Å². The van der Waals surface area contributed by atoms with Gasteiger partial charge in [0.25, 0.3) is 5.56 Å². The summed E-state index contributed by atoms with van der Waals surface area (Å²) in [6.45, 7) is 2.22. The third-order valence-electron chi connectivity index (χ3n) is 5.12. The van der Waals surface area contributed by atoms with Gasteiger partial charge in [-0.15, -0.1) is 0 Å². The van der Waals surface area contributed by atoms with Gasteiger partial charge in [-0.3, -0.25) is 14.7 Å². The highest BCUT2D eigenvalue weighted by Crippen LogP contribution is 2.33. The Morgan fingerprint density at radius 2 is 1.89 bits per heavy atom. The zero-order chi connectivity index (χ0) is 19.0. The summed E-state index contributed by atoms with van der Waals surface area (Å²) in [7, 11) is 0. The minimum Gasteiger partial charge on any atom is -0.507 e. The predicted molar refractivity (Wildman–Crippen MR) is 99.4 cm³/mol. The van der Waals surface area contributed by atoms with Gasteiger partial charge in [-0.2, -0.15) is 0 Å². The minimum atomic E-state index is -0.362. The fraction of sp³-hybridized carbons (Fsp3) is 0.421. The fourth-order valence-corrected chi connectivity index (χ4v) is 3.62. The number of H-pyrrole nitrogens is 1. The van der Waals surface area contributed by atoms with Crippen LogP contribution in [0.25, 0.3) is 0 Å². The average molecular weight is 370 g/mol. The van der Waals surface area contributed by atoms with Gasteiger partial charge in [0.05, 0.1) is 17.0 Å². The van der Waals surface area contributed by atoms with E-state index in [1.54, 1.807) is 0 Å². The maximum absolute atomic E-state index is 12.6. The van der Waals surface area contributed by atoms with Crippen LogP contribution in [0.1, 0.15) is 41.9 Å². The number of rotatable bonds is 3. The largest absolute Gasteiger partial charge is 0.507 e. The molecule has 2 aliphatic rings. The first kappa shape index (κ1) is 17.5. The lowest BCUT2D eigenvalue weighted by Gasteiger charge is -2.28. The highest BCUT2D eigenvalue weighted by Gasteiger charge is 2.23. The fourth-order valence-electron chi connectivity index (χ4n) is 3.62. The number of phenols is 3. The van der Waals surface area contributed by atoms with E-state index in [4.69, 9.17) is 0 Å². The highest BCUT2D eigenvalue weighted by atomic mass is 16.3. The van der Waals surface area contributed by atoms with E-state index in [0.717, 1.165) is 43.3 Å². The number of hydrogen-bond acceptors (Lipinski definition) is 7. The molecule has 0 spiro atoms. The maximum Gasteiger partial charge on any atom is 0.255 e. The molecule has 0 atom stereocenters. The summed E-state index contributed by atoms with van der Waals surface area (Å²) in [5, 5.41) is 29.1. The minimum absolute atomic E-state index is 0.0891. The molecule has 0 saturated carbocycles. The third-order valence-corrected chi connectivity index (χ3v) is 5.12. The number of fused-ring (bicyclic) bond motifs is 1. The van der Waals surface area contributed by atoms with E-state index in [1.807, 2.05) is 4.90 Å². The van der Waals surface area contributed by atoms with Crippen LogP contribution >= 0.6 is 0 Å². The van der Waals surface area contributed by atoms with E-state index in [-0.39, 0.29) is 22.8 Å². The van der Waals surface area contributed by atoms with Crippen LogP contribution in [0.3, 0.4) is 0 Å². The van der Waals surface area contributed by atoms with Crippen LogP contribution in [0.4, 0.5) is 0 Å². The molecule has 142 valence electrons. The molecule has 2 aromatic rings. The van der Waals surface area contributed by atoms with E-state index in [0.29, 0.717) is 43.0 Å². The van der Waals surface area contributed by atoms with Crippen LogP contribution in [0.15, 0.2) is 21.9 Å². The van der Waals surface area contributed by atoms with Crippen molar-refractivity contribution in [3.63, 3.8) is 0 Å². The van der Waals surface area contributed by atoms with E-state index in [1.165, 1.54) is 6.07 Å². The first-order valence-electron chi connectivity index (χ1n) is 9.13. The lowest BCUT2D eigenvalue weighted by molar-refractivity contribution is 0.238. The van der Waals surface area contributed by atoms with E-state index in [2.05, 4.69) is 15.0 Å². The van der Waals surface area contributed by atoms with Crippen molar-refractivity contribution in [2.75, 3.05) is 13.1 Å². The van der Waals surface area contributed by atoms with Crippen LogP contribution in [0, 0.1) is 0 Å². The Morgan fingerprint density at radius 3 is 2.67 bits per heavy atom. The molecule has 4 N–H and O–H groups in total. The summed E-state index contributed by atoms with van der Waals surface area (Å²) in [5.74, 6) is -0.140. The van der Waals surface area contributed by atoms with Gasteiger partial charge in [-0.25, -0.2) is 4.98 Å². The number of aromatic amines is 1. The summed E-state index contributed by atoms with van der Waals surface area (Å²) >= 11 is 0. The van der Waals surface area contributed by atoms with Crippen molar-refractivity contribution in [1.29, 1.82) is 0 Å². The molecule has 1 aromatic carbocycles. The average Bonchev–Trinajstić information content (AvgIpc) is 2.67. The Morgan fingerprint density at radius 1 is 1.07 bits per heavy atom. The molecule has 8 nitrogen and oxygen atoms in total. The maximum atomic E-state index is 12.6. The lowest BCUT2D eigenvalue weighted by atomic mass is 10.0. The number of hydrogen-bond donors (Lipinski definition) is 4. The Balaban J connectivity index is 1.56. The van der Waals surface area contributed by atoms with E-state index in [9.17, 15) is 20.1 Å². The number of benzene rings is 1. The number of aromatic hydroxyl groups is 3. The zero-order valence-corrected chi connectivity index (χ0v) is 14.9. The van der Waals surface area contributed by atoms with Gasteiger partial charge < -0.3 is 20.3 Å². The van der Waals surface area contributed by atoms with Crippen LogP contribution in [0.2, 0.25) is 0 Å². The van der Waals surface area contributed by atoms with Crippen molar-refractivity contribution < 1.29 is 15.3 Å². The zero-order valence-electron chi connectivity index (χ0n) is 14.9. The molecule has 0 aliphatic carbocycles. The molecule has 0 saturated heterocycles. The van der Waals surface area contributed by atoms with Crippen molar-refractivity contribution in [3.8, 4) is 17.2 Å². The van der Waals surface area contributed by atoms with Crippen LogP contribution < -0.4 is 5.56 Å². The molecule has 27 heavy (non-hydrogen) atoms. The van der Waals surface area contributed by atoms with E-state index >= 15 is 0 Å². The van der Waals surface area contributed by atoms with Crippen LogP contribution in [-0.4, -0.2) is 49.0 Å². The predicted octanol–water partition coefficient (Wildman–Crippen LogP) is 1.42. The Hall–Kier alpha value is -2.87. The van der Waals surface area contributed by atoms with Gasteiger partial charge in [-0.1, -0.05) is 0 Å². The van der Waals surface area contributed by atoms with Crippen molar-refractivity contribution >= 4 is 5.71 Å². The summed E-state index contributed by atoms with van der Waals surface area (Å²) < 4.78 is 0. The van der Waals surface area contributed by atoms with Crippen LogP contribution in [0.5, 0.6) is 17.2 Å². The molecule has 0 unspecified atom stereocenters. The molecule has 8 heteroatoms. The topological polar surface area (TPSA) is 122 Å². The SMILES string of the molecule is O=c1[nH]c(C2=NCCCC2)nc2c1CN(Cc1cc(O)c(O)cc1O)CC2. The smallest absolute Gasteiger partial charge is 0.255 e. The molecule has 1 aromatic heterocycles. The second-order valence-corrected chi connectivity index (χ2v) is 7.06. The molecule has 0 radical (unpaired) electrons. The van der Waals surface area contributed by atoms with Gasteiger partial charge in [0.2, 0.25) is 0 Å². The normalized spacial score (nSPS) is 17.4. The molecule has 2 aliphatic heterocycles. The third kappa shape index (κ3) is 3.52. The molecule has 0 amide bonds. The molecule has 3 heterocycles. The number of nitrogens with one attached hydrogen (secondary N) is 1. The Labute approximate surface area is 155 Å². The van der Waals surface area contributed by atoms with Gasteiger partial charge in [0.1, 0.15) is 5.75 Å². The number of aromatic nitrogens is 2. The first-order chi connectivity index (χ1) is 13.0. The Kier molecular flexibility index (Phi) is 4.57. The van der Waals surface area contributed by atoms with Gasteiger partial charge in [-0.05, 0) is 25.3 Å². The van der Waals surface area contributed by atoms with E-state index < -0.39 is 0 Å². The quantitative estimate of drug-likeness (QED) is 0.479. The molecular formula is C19H22N4O4. The summed E-state index contributed by atoms with van der Waals surface area (Å²) in [4.78, 5) is 26.6. The van der Waals surface area contributed by atoms with Crippen LogP contribution in [-0.2, 0) is 19.5 Å². The standard InChI is InChI=1S/C19H22N4O4/c24-15-8-17(26)16(25)7-11(15)9-23-6-4-13-12(10-23)19(27)22-18(21-13)14-3-1-2-5-20-14/h7-8,24-26H,1-6,9-10H2,(H,21,22,27). The summed E-state index contributed by atoms with van der Waals surface area (Å²) in [6, 6.07) is 2.46. The van der Waals surface area contributed by atoms with Gasteiger partial charge in [0, 0.05) is 44.2 Å². The molecule has 4 rings (SSSR count). The molecule has 0 bridgehead atoms. The summed E-state index contributed by atoms with van der Waals surface area (Å²) in [5.41, 5.74) is 2.66. The van der Waals surface area contributed by atoms with Gasteiger partial charge in [0.15, 0.2) is 17.3 Å². The number of nitrogens with zero attached hydrogens (tertiary/aromatic N) is 3. The van der Waals surface area contributed by atoms with Crippen molar-refractivity contribution in [1.82, 2.24) is 14.9 Å². The highest BCUT2D eigenvalue weighted by molar-refractivity contribution is 5.97. The van der Waals surface area contributed by atoms with Crippen molar-refractivity contribution in [2.24, 2.45) is 4.99 Å². The Bertz CT molecular complexity index is 967.